The molecule has 3 aromatic rings. The topological polar surface area (TPSA) is 80.0 Å². The highest BCUT2D eigenvalue weighted by molar-refractivity contribution is 5.56. The summed E-state index contributed by atoms with van der Waals surface area (Å²) in [7, 11) is 0. The first-order valence-electron chi connectivity index (χ1n) is 9.45. The fourth-order valence-corrected chi connectivity index (χ4v) is 3.35. The first kappa shape index (κ1) is 18.4. The minimum atomic E-state index is -0.0737. The van der Waals surface area contributed by atoms with E-state index in [0.29, 0.717) is 6.54 Å². The van der Waals surface area contributed by atoms with E-state index in [-0.39, 0.29) is 5.56 Å². The average molecular weight is 377 g/mol. The maximum atomic E-state index is 12.2. The van der Waals surface area contributed by atoms with Crippen molar-refractivity contribution in [2.24, 2.45) is 0 Å². The zero-order valence-electron chi connectivity index (χ0n) is 15.7. The molecule has 1 saturated heterocycles. The summed E-state index contributed by atoms with van der Waals surface area (Å²) in [6.07, 6.45) is 8.78. The van der Waals surface area contributed by atoms with Gasteiger partial charge in [-0.15, -0.1) is 0 Å². The standard InChI is InChI=1S/C20H23N7O/c28-20-4-3-19(18-2-1-5-21-14-18)24-27(20)11-10-25-6-8-26(9-7-25)15-17-12-22-16-23-13-17/h1-5,12-14,16H,6-11,15H2. The molecule has 1 aliphatic rings. The molecule has 0 radical (unpaired) electrons. The first-order valence-corrected chi connectivity index (χ1v) is 9.45. The van der Waals surface area contributed by atoms with E-state index in [1.54, 1.807) is 35.5 Å². The average Bonchev–Trinajstić information content (AvgIpc) is 2.75. The summed E-state index contributed by atoms with van der Waals surface area (Å²) in [5.41, 5.74) is 2.74. The third-order valence-corrected chi connectivity index (χ3v) is 4.94. The van der Waals surface area contributed by atoms with Gasteiger partial charge < -0.3 is 0 Å². The molecule has 0 unspecified atom stereocenters. The summed E-state index contributed by atoms with van der Waals surface area (Å²) >= 11 is 0. The highest BCUT2D eigenvalue weighted by Crippen LogP contribution is 2.13. The molecule has 8 nitrogen and oxygen atoms in total. The fourth-order valence-electron chi connectivity index (χ4n) is 3.35. The van der Waals surface area contributed by atoms with Gasteiger partial charge in [0.05, 0.1) is 12.2 Å². The maximum Gasteiger partial charge on any atom is 0.266 e. The molecule has 0 atom stereocenters. The largest absolute Gasteiger partial charge is 0.299 e. The molecule has 4 heterocycles. The van der Waals surface area contributed by atoms with Crippen LogP contribution in [0.5, 0.6) is 0 Å². The highest BCUT2D eigenvalue weighted by atomic mass is 16.1. The fraction of sp³-hybridized carbons (Fsp3) is 0.350. The Balaban J connectivity index is 1.31. The van der Waals surface area contributed by atoms with Crippen LogP contribution in [-0.2, 0) is 13.1 Å². The molecule has 3 aromatic heterocycles. The van der Waals surface area contributed by atoms with Crippen molar-refractivity contribution in [2.75, 3.05) is 32.7 Å². The van der Waals surface area contributed by atoms with Gasteiger partial charge in [0.2, 0.25) is 0 Å². The molecule has 0 saturated carbocycles. The van der Waals surface area contributed by atoms with E-state index in [1.165, 1.54) is 0 Å². The molecule has 0 amide bonds. The minimum absolute atomic E-state index is 0.0737. The van der Waals surface area contributed by atoms with Crippen LogP contribution in [0.2, 0.25) is 0 Å². The maximum absolute atomic E-state index is 12.2. The quantitative estimate of drug-likeness (QED) is 0.632. The lowest BCUT2D eigenvalue weighted by molar-refractivity contribution is 0.122. The first-order chi connectivity index (χ1) is 13.8. The van der Waals surface area contributed by atoms with E-state index >= 15 is 0 Å². The molecule has 0 bridgehead atoms. The zero-order valence-corrected chi connectivity index (χ0v) is 15.7. The molecule has 0 aliphatic carbocycles. The number of piperazine rings is 1. The number of hydrogen-bond acceptors (Lipinski definition) is 7. The Hall–Kier alpha value is -2.97. The van der Waals surface area contributed by atoms with E-state index in [9.17, 15) is 4.79 Å². The Morgan fingerprint density at radius 1 is 0.857 bits per heavy atom. The molecular weight excluding hydrogens is 354 g/mol. The predicted octanol–water partition coefficient (Wildman–Crippen LogP) is 0.913. The van der Waals surface area contributed by atoms with E-state index in [2.05, 4.69) is 29.9 Å². The molecule has 1 aliphatic heterocycles. The van der Waals surface area contributed by atoms with Gasteiger partial charge in [-0.1, -0.05) is 0 Å². The third kappa shape index (κ3) is 4.65. The van der Waals surface area contributed by atoms with Crippen molar-refractivity contribution in [3.05, 3.63) is 71.3 Å². The number of pyridine rings is 1. The van der Waals surface area contributed by atoms with Gasteiger partial charge in [-0.25, -0.2) is 14.6 Å². The summed E-state index contributed by atoms with van der Waals surface area (Å²) < 4.78 is 1.55. The monoisotopic (exact) mass is 377 g/mol. The summed E-state index contributed by atoms with van der Waals surface area (Å²) in [6, 6.07) is 7.14. The van der Waals surface area contributed by atoms with Crippen molar-refractivity contribution in [1.29, 1.82) is 0 Å². The predicted molar refractivity (Wildman–Crippen MR) is 105 cm³/mol. The Labute approximate surface area is 163 Å². The van der Waals surface area contributed by atoms with E-state index in [4.69, 9.17) is 0 Å². The summed E-state index contributed by atoms with van der Waals surface area (Å²) in [5.74, 6) is 0. The van der Waals surface area contributed by atoms with Gasteiger partial charge >= 0.3 is 0 Å². The molecule has 1 fully saturated rings. The normalized spacial score (nSPS) is 15.6. The SMILES string of the molecule is O=c1ccc(-c2cccnc2)nn1CCN1CCN(Cc2cncnc2)CC1. The second-order valence-electron chi connectivity index (χ2n) is 6.89. The Kier molecular flexibility index (Phi) is 5.79. The van der Waals surface area contributed by atoms with Crippen LogP contribution in [0.15, 0.2) is 60.2 Å². The lowest BCUT2D eigenvalue weighted by Gasteiger charge is -2.34. The van der Waals surface area contributed by atoms with Crippen molar-refractivity contribution in [3.63, 3.8) is 0 Å². The molecule has 144 valence electrons. The van der Waals surface area contributed by atoms with Gasteiger partial charge in [-0.05, 0) is 18.2 Å². The molecule has 0 N–H and O–H groups in total. The summed E-state index contributed by atoms with van der Waals surface area (Å²) in [4.78, 5) is 29.2. The van der Waals surface area contributed by atoms with Gasteiger partial charge in [0.15, 0.2) is 0 Å². The van der Waals surface area contributed by atoms with Crippen LogP contribution in [0.4, 0.5) is 0 Å². The Morgan fingerprint density at radius 2 is 1.64 bits per heavy atom. The van der Waals surface area contributed by atoms with E-state index in [0.717, 1.165) is 56.1 Å². The number of aromatic nitrogens is 5. The lowest BCUT2D eigenvalue weighted by atomic mass is 10.2. The second-order valence-corrected chi connectivity index (χ2v) is 6.89. The van der Waals surface area contributed by atoms with Crippen LogP contribution in [0.3, 0.4) is 0 Å². The van der Waals surface area contributed by atoms with Crippen molar-refractivity contribution >= 4 is 0 Å². The number of hydrogen-bond donors (Lipinski definition) is 0. The van der Waals surface area contributed by atoms with Gasteiger partial charge in [0, 0.05) is 81.2 Å². The van der Waals surface area contributed by atoms with Crippen LogP contribution in [0, 0.1) is 0 Å². The smallest absolute Gasteiger partial charge is 0.266 e. The molecule has 4 rings (SSSR count). The third-order valence-electron chi connectivity index (χ3n) is 4.94. The molecule has 28 heavy (non-hydrogen) atoms. The number of rotatable bonds is 6. The van der Waals surface area contributed by atoms with E-state index < -0.39 is 0 Å². The van der Waals surface area contributed by atoms with Gasteiger partial charge in [0.1, 0.15) is 6.33 Å². The van der Waals surface area contributed by atoms with Crippen molar-refractivity contribution in [2.45, 2.75) is 13.1 Å². The molecular formula is C20H23N7O. The number of nitrogens with zero attached hydrogens (tertiary/aromatic N) is 7. The summed E-state index contributed by atoms with van der Waals surface area (Å²) in [5, 5.41) is 4.51. The van der Waals surface area contributed by atoms with Crippen molar-refractivity contribution in [3.8, 4) is 11.3 Å². The highest BCUT2D eigenvalue weighted by Gasteiger charge is 2.17. The van der Waals surface area contributed by atoms with Gasteiger partial charge in [-0.3, -0.25) is 19.6 Å². The van der Waals surface area contributed by atoms with Crippen LogP contribution < -0.4 is 5.56 Å². The van der Waals surface area contributed by atoms with E-state index in [1.807, 2.05) is 24.5 Å². The molecule has 8 heteroatoms. The van der Waals surface area contributed by atoms with Crippen molar-refractivity contribution in [1.82, 2.24) is 34.5 Å². The molecule has 0 spiro atoms. The Morgan fingerprint density at radius 3 is 2.39 bits per heavy atom. The van der Waals surface area contributed by atoms with Crippen molar-refractivity contribution < 1.29 is 0 Å². The zero-order chi connectivity index (χ0) is 19.2. The van der Waals surface area contributed by atoms with Crippen LogP contribution in [-0.4, -0.2) is 67.3 Å². The summed E-state index contributed by atoms with van der Waals surface area (Å²) in [6.45, 7) is 6.21. The lowest BCUT2D eigenvalue weighted by Crippen LogP contribution is -2.47. The van der Waals surface area contributed by atoms with Crippen LogP contribution >= 0.6 is 0 Å². The van der Waals surface area contributed by atoms with Gasteiger partial charge in [-0.2, -0.15) is 5.10 Å². The second kappa shape index (κ2) is 8.81. The van der Waals surface area contributed by atoms with Crippen LogP contribution in [0.1, 0.15) is 5.56 Å². The van der Waals surface area contributed by atoms with Gasteiger partial charge in [0.25, 0.3) is 5.56 Å². The Bertz CT molecular complexity index is 938. The molecule has 0 aromatic carbocycles. The van der Waals surface area contributed by atoms with Crippen LogP contribution in [0.25, 0.3) is 11.3 Å². The minimum Gasteiger partial charge on any atom is -0.299 e.